The number of nitrogen functional groups attached to an aromatic ring is 1. The number of aliphatic hydroxyl groups is 1. The Hall–Kier alpha value is -0.580. The molecule has 2 aliphatic heterocycles. The summed E-state index contributed by atoms with van der Waals surface area (Å²) in [6, 6.07) is 7.23. The van der Waals surface area contributed by atoms with E-state index in [0.717, 1.165) is 29.5 Å². The maximum atomic E-state index is 9.81. The van der Waals surface area contributed by atoms with Crippen LogP contribution in [0.2, 0.25) is 0 Å². The molecule has 2 fully saturated rings. The average molecular weight is 311 g/mol. The maximum absolute atomic E-state index is 9.81. The highest BCUT2D eigenvalue weighted by molar-refractivity contribution is 9.10. The van der Waals surface area contributed by atoms with Gasteiger partial charge in [-0.1, -0.05) is 15.9 Å². The molecule has 2 heterocycles. The van der Waals surface area contributed by atoms with Crippen molar-refractivity contribution in [2.45, 2.75) is 50.4 Å². The van der Waals surface area contributed by atoms with Crippen LogP contribution >= 0.6 is 15.9 Å². The normalized spacial score (nSPS) is 31.8. The SMILES string of the molecule is Nc1cc(Br)cc(CN2C3CCC2CC(O)C3)c1. The van der Waals surface area contributed by atoms with Crippen LogP contribution in [-0.4, -0.2) is 28.2 Å². The number of nitrogens with two attached hydrogens (primary N) is 1. The summed E-state index contributed by atoms with van der Waals surface area (Å²) in [6.07, 6.45) is 4.22. The van der Waals surface area contributed by atoms with Gasteiger partial charge < -0.3 is 10.8 Å². The summed E-state index contributed by atoms with van der Waals surface area (Å²) < 4.78 is 1.04. The van der Waals surface area contributed by atoms with E-state index >= 15 is 0 Å². The molecule has 18 heavy (non-hydrogen) atoms. The number of benzene rings is 1. The molecule has 4 heteroatoms. The third-order valence-corrected chi connectivity index (χ3v) is 4.66. The number of hydrogen-bond acceptors (Lipinski definition) is 3. The van der Waals surface area contributed by atoms with E-state index in [-0.39, 0.29) is 6.10 Å². The van der Waals surface area contributed by atoms with Gasteiger partial charge in [0.05, 0.1) is 6.10 Å². The van der Waals surface area contributed by atoms with Gasteiger partial charge in [-0.05, 0) is 49.4 Å². The molecule has 1 aromatic rings. The second-order valence-electron chi connectivity index (χ2n) is 5.58. The number of anilines is 1. The number of fused-ring (bicyclic) bond motifs is 2. The molecular formula is C14H19BrN2O. The lowest BCUT2D eigenvalue weighted by atomic mass is 9.99. The molecule has 1 aromatic carbocycles. The maximum Gasteiger partial charge on any atom is 0.0570 e. The van der Waals surface area contributed by atoms with E-state index in [2.05, 4.69) is 33.0 Å². The molecule has 2 bridgehead atoms. The molecule has 0 saturated carbocycles. The topological polar surface area (TPSA) is 49.5 Å². The molecule has 0 amide bonds. The van der Waals surface area contributed by atoms with Gasteiger partial charge in [0.15, 0.2) is 0 Å². The summed E-state index contributed by atoms with van der Waals surface area (Å²) in [6.45, 7) is 0.950. The van der Waals surface area contributed by atoms with Gasteiger partial charge in [0, 0.05) is 28.8 Å². The van der Waals surface area contributed by atoms with E-state index in [1.165, 1.54) is 18.4 Å². The van der Waals surface area contributed by atoms with Crippen molar-refractivity contribution in [2.24, 2.45) is 0 Å². The third-order valence-electron chi connectivity index (χ3n) is 4.20. The Morgan fingerprint density at radius 1 is 1.22 bits per heavy atom. The Bertz CT molecular complexity index is 417. The van der Waals surface area contributed by atoms with Gasteiger partial charge >= 0.3 is 0 Å². The Kier molecular flexibility index (Phi) is 3.34. The lowest BCUT2D eigenvalue weighted by molar-refractivity contribution is 0.0310. The first-order valence-electron chi connectivity index (χ1n) is 6.60. The van der Waals surface area contributed by atoms with Gasteiger partial charge in [0.1, 0.15) is 0 Å². The van der Waals surface area contributed by atoms with Crippen molar-refractivity contribution >= 4 is 21.6 Å². The second kappa shape index (κ2) is 4.83. The zero-order chi connectivity index (χ0) is 12.7. The van der Waals surface area contributed by atoms with Crippen molar-refractivity contribution in [3.63, 3.8) is 0 Å². The Morgan fingerprint density at radius 2 is 1.89 bits per heavy atom. The minimum Gasteiger partial charge on any atom is -0.399 e. The Balaban J connectivity index is 1.77. The van der Waals surface area contributed by atoms with Crippen molar-refractivity contribution in [3.8, 4) is 0 Å². The summed E-state index contributed by atoms with van der Waals surface area (Å²) in [4.78, 5) is 2.55. The van der Waals surface area contributed by atoms with E-state index < -0.39 is 0 Å². The summed E-state index contributed by atoms with van der Waals surface area (Å²) in [7, 11) is 0. The first-order chi connectivity index (χ1) is 8.61. The molecular weight excluding hydrogens is 292 g/mol. The van der Waals surface area contributed by atoms with Crippen LogP contribution < -0.4 is 5.73 Å². The largest absolute Gasteiger partial charge is 0.399 e. The molecule has 0 aliphatic carbocycles. The van der Waals surface area contributed by atoms with Gasteiger partial charge in [-0.25, -0.2) is 0 Å². The number of piperidine rings is 1. The fraction of sp³-hybridized carbons (Fsp3) is 0.571. The molecule has 98 valence electrons. The number of halogens is 1. The summed E-state index contributed by atoms with van der Waals surface area (Å²) in [5, 5.41) is 9.81. The predicted octanol–water partition coefficient (Wildman–Crippen LogP) is 2.52. The number of rotatable bonds is 2. The third kappa shape index (κ3) is 2.42. The number of aliphatic hydroxyl groups excluding tert-OH is 1. The molecule has 2 saturated heterocycles. The van der Waals surface area contributed by atoms with Crippen LogP contribution in [0.25, 0.3) is 0 Å². The molecule has 3 N–H and O–H groups in total. The van der Waals surface area contributed by atoms with Crippen LogP contribution in [0.1, 0.15) is 31.2 Å². The fourth-order valence-corrected chi connectivity index (χ4v) is 4.04. The highest BCUT2D eigenvalue weighted by Gasteiger charge is 2.39. The lowest BCUT2D eigenvalue weighted by Gasteiger charge is -2.37. The second-order valence-corrected chi connectivity index (χ2v) is 6.49. The van der Waals surface area contributed by atoms with Crippen molar-refractivity contribution in [3.05, 3.63) is 28.2 Å². The van der Waals surface area contributed by atoms with Crippen LogP contribution in [0, 0.1) is 0 Å². The average Bonchev–Trinajstić information content (AvgIpc) is 2.53. The smallest absolute Gasteiger partial charge is 0.0570 e. The summed E-state index contributed by atoms with van der Waals surface area (Å²) >= 11 is 3.49. The molecule has 3 nitrogen and oxygen atoms in total. The van der Waals surface area contributed by atoms with E-state index in [1.807, 2.05) is 6.07 Å². The minimum atomic E-state index is -0.0914. The van der Waals surface area contributed by atoms with Crippen LogP contribution in [0.5, 0.6) is 0 Å². The van der Waals surface area contributed by atoms with Crippen LogP contribution in [0.3, 0.4) is 0 Å². The van der Waals surface area contributed by atoms with E-state index in [0.29, 0.717) is 12.1 Å². The van der Waals surface area contributed by atoms with E-state index in [9.17, 15) is 5.11 Å². The molecule has 0 aromatic heterocycles. The van der Waals surface area contributed by atoms with Crippen LogP contribution in [-0.2, 0) is 6.54 Å². The minimum absolute atomic E-state index is 0.0914. The van der Waals surface area contributed by atoms with Crippen molar-refractivity contribution < 1.29 is 5.11 Å². The molecule has 2 aliphatic rings. The van der Waals surface area contributed by atoms with Crippen LogP contribution in [0.4, 0.5) is 5.69 Å². The molecule has 0 radical (unpaired) electrons. The van der Waals surface area contributed by atoms with Crippen molar-refractivity contribution in [1.29, 1.82) is 0 Å². The van der Waals surface area contributed by atoms with Gasteiger partial charge in [-0.3, -0.25) is 4.90 Å². The summed E-state index contributed by atoms with van der Waals surface area (Å²) in [5.74, 6) is 0. The Morgan fingerprint density at radius 3 is 2.50 bits per heavy atom. The monoisotopic (exact) mass is 310 g/mol. The Labute approximate surface area is 116 Å². The van der Waals surface area contributed by atoms with E-state index in [4.69, 9.17) is 5.73 Å². The van der Waals surface area contributed by atoms with Crippen LogP contribution in [0.15, 0.2) is 22.7 Å². The quantitative estimate of drug-likeness (QED) is 0.825. The predicted molar refractivity (Wildman–Crippen MR) is 76.1 cm³/mol. The number of hydrogen-bond donors (Lipinski definition) is 2. The molecule has 3 rings (SSSR count). The highest BCUT2D eigenvalue weighted by atomic mass is 79.9. The zero-order valence-corrected chi connectivity index (χ0v) is 11.9. The van der Waals surface area contributed by atoms with Gasteiger partial charge in [-0.15, -0.1) is 0 Å². The van der Waals surface area contributed by atoms with Gasteiger partial charge in [-0.2, -0.15) is 0 Å². The molecule has 0 spiro atoms. The highest BCUT2D eigenvalue weighted by Crippen LogP contribution is 2.37. The first-order valence-corrected chi connectivity index (χ1v) is 7.40. The molecule has 2 atom stereocenters. The van der Waals surface area contributed by atoms with Gasteiger partial charge in [0.2, 0.25) is 0 Å². The summed E-state index contributed by atoms with van der Waals surface area (Å²) in [5.41, 5.74) is 7.95. The van der Waals surface area contributed by atoms with Crippen molar-refractivity contribution in [2.75, 3.05) is 5.73 Å². The fourth-order valence-electron chi connectivity index (χ4n) is 3.48. The number of nitrogens with zero attached hydrogens (tertiary/aromatic N) is 1. The standard InChI is InChI=1S/C14H19BrN2O/c15-10-3-9(4-11(16)5-10)8-17-12-1-2-13(17)7-14(18)6-12/h3-5,12-14,18H,1-2,6-8,16H2. The van der Waals surface area contributed by atoms with E-state index in [1.54, 1.807) is 0 Å². The lowest BCUT2D eigenvalue weighted by Crippen LogP contribution is -2.44. The first kappa shape index (κ1) is 12.5. The van der Waals surface area contributed by atoms with Gasteiger partial charge in [0.25, 0.3) is 0 Å². The molecule has 2 unspecified atom stereocenters. The zero-order valence-electron chi connectivity index (χ0n) is 10.3. The van der Waals surface area contributed by atoms with Crippen molar-refractivity contribution in [1.82, 2.24) is 4.90 Å².